The lowest BCUT2D eigenvalue weighted by Crippen LogP contribution is -2.55. The van der Waals surface area contributed by atoms with E-state index in [2.05, 4.69) is 85.1 Å². The number of ether oxygens (including phenoxy) is 8. The van der Waals surface area contributed by atoms with Gasteiger partial charge in [-0.3, -0.25) is 4.90 Å². The molecule has 0 amide bonds. The maximum Gasteiger partial charge on any atom is 0.160 e. The summed E-state index contributed by atoms with van der Waals surface area (Å²) in [5, 5.41) is 66.2. The largest absolute Gasteiger partial charge is 0.390 e. The van der Waals surface area contributed by atoms with E-state index in [4.69, 9.17) is 33.2 Å². The summed E-state index contributed by atoms with van der Waals surface area (Å²) in [4.78, 5) is 11.9. The molecule has 20 nitrogen and oxygen atoms in total. The van der Waals surface area contributed by atoms with E-state index in [-0.39, 0.29) is 13.2 Å². The molecular weight excluding hydrogens is 1030 g/mol. The zero-order valence-electron chi connectivity index (χ0n) is 53.9. The second-order valence-electron chi connectivity index (χ2n) is 24.5. The van der Waals surface area contributed by atoms with Crippen LogP contribution < -0.4 is 0 Å². The van der Waals surface area contributed by atoms with Crippen LogP contribution in [0.4, 0.5) is 0 Å². The van der Waals surface area contributed by atoms with E-state index in [9.17, 15) is 35.7 Å². The van der Waals surface area contributed by atoms with E-state index in [1.165, 1.54) is 131 Å². The van der Waals surface area contributed by atoms with Crippen molar-refractivity contribution < 1.29 is 73.6 Å². The normalized spacial score (nSPS) is 30.8. The lowest BCUT2D eigenvalue weighted by atomic mass is 9.62. The molecule has 20 heteroatoms. The Labute approximate surface area is 488 Å². The van der Waals surface area contributed by atoms with Gasteiger partial charge in [-0.05, 0) is 123 Å². The molecule has 6 aliphatic rings. The van der Waals surface area contributed by atoms with Crippen molar-refractivity contribution in [1.82, 2.24) is 24.5 Å². The van der Waals surface area contributed by atoms with Crippen molar-refractivity contribution in [3.05, 3.63) is 0 Å². The minimum atomic E-state index is -1.38. The number of hydrogen-bond acceptors (Lipinski definition) is 20. The van der Waals surface area contributed by atoms with E-state index in [0.717, 1.165) is 32.9 Å². The predicted octanol–water partition coefficient (Wildman–Crippen LogP) is 4.05. The molecule has 5 heterocycles. The maximum atomic E-state index is 9.66. The van der Waals surface area contributed by atoms with Crippen molar-refractivity contribution in [2.24, 2.45) is 16.7 Å². The molecule has 482 valence electrons. The fourth-order valence-electron chi connectivity index (χ4n) is 11.7. The van der Waals surface area contributed by atoms with Crippen molar-refractivity contribution in [2.75, 3.05) is 170 Å². The Balaban J connectivity index is 0.000000917. The number of methoxy groups -OCH3 is 7. The highest BCUT2D eigenvalue weighted by atomic mass is 16.6. The van der Waals surface area contributed by atoms with Gasteiger partial charge in [0.2, 0.25) is 0 Å². The number of aliphatic hydroxyl groups is 7. The molecule has 0 bridgehead atoms. The van der Waals surface area contributed by atoms with Gasteiger partial charge in [-0.15, -0.1) is 0 Å². The van der Waals surface area contributed by atoms with Gasteiger partial charge in [-0.25, -0.2) is 0 Å². The molecule has 1 saturated carbocycles. The number of likely N-dealkylation sites (tertiary alicyclic amines) is 3. The number of nitrogens with zero attached hydrogens (tertiary/aromatic N) is 5. The highest BCUT2D eigenvalue weighted by molar-refractivity contribution is 4.92. The third kappa shape index (κ3) is 33.2. The molecule has 1 aliphatic carbocycles. The summed E-state index contributed by atoms with van der Waals surface area (Å²) in [5.74, 6) is -0.432. The van der Waals surface area contributed by atoms with Crippen LogP contribution in [-0.2, 0) is 37.9 Å². The average Bonchev–Trinajstić information content (AvgIpc) is 4.05. The van der Waals surface area contributed by atoms with E-state index in [0.29, 0.717) is 54.4 Å². The molecule has 6 rings (SSSR count). The summed E-state index contributed by atoms with van der Waals surface area (Å²) >= 11 is 0. The molecule has 0 aromatic carbocycles. The van der Waals surface area contributed by atoms with Crippen LogP contribution in [0.5, 0.6) is 0 Å². The number of rotatable bonds is 21. The fourth-order valence-corrected chi connectivity index (χ4v) is 11.7. The molecular formula is C60H127N5O15. The minimum absolute atomic E-state index is 0.0723. The molecule has 0 aromatic heterocycles. The molecule has 14 unspecified atom stereocenters. The topological polar surface area (TPSA) is 232 Å². The fraction of sp³-hybridized carbons (Fsp3) is 1.00. The van der Waals surface area contributed by atoms with Gasteiger partial charge in [0, 0.05) is 114 Å². The first kappa shape index (κ1) is 79.2. The third-order valence-corrected chi connectivity index (χ3v) is 16.5. The molecule has 80 heavy (non-hydrogen) atoms. The molecule has 0 aromatic rings. The second kappa shape index (κ2) is 45.5. The lowest BCUT2D eigenvalue weighted by molar-refractivity contribution is -0.271. The summed E-state index contributed by atoms with van der Waals surface area (Å²) in [6.07, 6.45) is 8.44. The number of hydrogen-bond donors (Lipinski definition) is 7. The molecule has 5 aliphatic heterocycles. The smallest absolute Gasteiger partial charge is 0.160 e. The third-order valence-electron chi connectivity index (χ3n) is 16.5. The van der Waals surface area contributed by atoms with Crippen LogP contribution in [-0.4, -0.2) is 303 Å². The lowest BCUT2D eigenvalue weighted by Gasteiger charge is -2.46. The van der Waals surface area contributed by atoms with Gasteiger partial charge in [0.25, 0.3) is 0 Å². The average molecular weight is 1160 g/mol. The number of aliphatic hydroxyl groups excluding tert-OH is 7. The van der Waals surface area contributed by atoms with Crippen LogP contribution in [0.2, 0.25) is 0 Å². The van der Waals surface area contributed by atoms with E-state index >= 15 is 0 Å². The molecule has 0 spiro atoms. The van der Waals surface area contributed by atoms with Crippen molar-refractivity contribution >= 4 is 0 Å². The highest BCUT2D eigenvalue weighted by Crippen LogP contribution is 2.49. The van der Waals surface area contributed by atoms with Crippen molar-refractivity contribution in [2.45, 2.75) is 205 Å². The first-order valence-electron chi connectivity index (χ1n) is 30.3. The summed E-state index contributed by atoms with van der Waals surface area (Å²) in [6, 6.07) is 1.37. The molecule has 5 saturated heterocycles. The zero-order chi connectivity index (χ0) is 60.8. The molecule has 6 fully saturated rings. The Hall–Kier alpha value is -0.800. The summed E-state index contributed by atoms with van der Waals surface area (Å²) in [5.41, 5.74) is 0.972. The number of likely N-dealkylation sites (N-methyl/N-ethyl adjacent to an activating group) is 4. The van der Waals surface area contributed by atoms with Crippen LogP contribution in [0.1, 0.15) is 131 Å². The summed E-state index contributed by atoms with van der Waals surface area (Å²) in [6.45, 7) is 26.6. The van der Waals surface area contributed by atoms with Crippen molar-refractivity contribution in [3.8, 4) is 0 Å². The van der Waals surface area contributed by atoms with Gasteiger partial charge in [0.05, 0.1) is 57.5 Å². The van der Waals surface area contributed by atoms with Crippen LogP contribution in [0.3, 0.4) is 0 Å². The first-order valence-corrected chi connectivity index (χ1v) is 30.3. The second-order valence-corrected chi connectivity index (χ2v) is 24.5. The Bertz CT molecular complexity index is 1410. The standard InChI is InChI=1S/C13H26O.C9H18O5.C9H20O5.C8H18N2O.C8H17NO.C7H15NO.C6H13NO/c1-6-7-13(4)9-11(14-5)8-12(2,3)10-13;1-3-5-7(10)8(11)6(4-13-2)14-9(5)12;1-3-4-6(10)8(12)9(13)7(11)5-14-2;1-9-3-5-10(6-4-9)7-8-11-2;1-9-6-4-3-5-8(9)7-10-2;1-8-5-3-4-7(8)6-9-2;1-7-4-3-6(5-7)8-2/h11H,6-10H2,1-5H3;5-12H,3-4H2,1-2H3;6-13H,3-5H2,1-2H3;3-8H2,1-2H3;8H,3-7H2,1-2H3;7H,3-6H2,1-2H3;6H,3-5H2,1-2H3. The van der Waals surface area contributed by atoms with Gasteiger partial charge in [-0.1, -0.05) is 60.8 Å². The monoisotopic (exact) mass is 1160 g/mol. The van der Waals surface area contributed by atoms with Crippen LogP contribution in [0.25, 0.3) is 0 Å². The van der Waals surface area contributed by atoms with E-state index in [1.54, 1.807) is 28.4 Å². The maximum absolute atomic E-state index is 9.66. The van der Waals surface area contributed by atoms with Gasteiger partial charge in [0.1, 0.15) is 30.5 Å². The Morgan fingerprint density at radius 1 is 0.575 bits per heavy atom. The van der Waals surface area contributed by atoms with Crippen LogP contribution in [0, 0.1) is 16.7 Å². The summed E-state index contributed by atoms with van der Waals surface area (Å²) in [7, 11) is 20.4. The van der Waals surface area contributed by atoms with Gasteiger partial charge < -0.3 is 93.2 Å². The zero-order valence-corrected chi connectivity index (χ0v) is 53.9. The van der Waals surface area contributed by atoms with Gasteiger partial charge >= 0.3 is 0 Å². The Morgan fingerprint density at radius 2 is 1.14 bits per heavy atom. The number of piperidine rings is 1. The molecule has 7 N–H and O–H groups in total. The van der Waals surface area contributed by atoms with Gasteiger partial charge in [-0.2, -0.15) is 0 Å². The molecule has 0 radical (unpaired) electrons. The first-order chi connectivity index (χ1) is 37.9. The minimum Gasteiger partial charge on any atom is -0.390 e. The van der Waals surface area contributed by atoms with E-state index in [1.807, 2.05) is 21.0 Å². The van der Waals surface area contributed by atoms with Crippen molar-refractivity contribution in [1.29, 1.82) is 0 Å². The highest BCUT2D eigenvalue weighted by Gasteiger charge is 2.43. The number of piperazine rings is 1. The van der Waals surface area contributed by atoms with Crippen LogP contribution in [0.15, 0.2) is 0 Å². The van der Waals surface area contributed by atoms with Crippen LogP contribution >= 0.6 is 0 Å². The summed E-state index contributed by atoms with van der Waals surface area (Å²) < 4.78 is 40.4. The molecule has 14 atom stereocenters. The van der Waals surface area contributed by atoms with Crippen molar-refractivity contribution in [3.63, 3.8) is 0 Å². The SMILES string of the molecule is CCC1C(O)OC(COC)C(O)C1O.CCCC(O)C(O)C(O)C(O)COC.CCCC1(C)CC(OC)CC(C)(C)C1.COC1CCN(C)C1.COCC1CCCCN1C.COCC1CCCN1C.COCCN1CCN(C)CC1. The predicted molar refractivity (Wildman–Crippen MR) is 319 cm³/mol. The van der Waals surface area contributed by atoms with E-state index < -0.39 is 54.9 Å². The Kier molecular flexibility index (Phi) is 45.1. The van der Waals surface area contributed by atoms with Gasteiger partial charge in [0.15, 0.2) is 6.29 Å². The quantitative estimate of drug-likeness (QED) is 0.0860. The Morgan fingerprint density at radius 3 is 1.59 bits per heavy atom.